The van der Waals surface area contributed by atoms with Crippen molar-refractivity contribution in [3.05, 3.63) is 76.9 Å². The Morgan fingerprint density at radius 1 is 0.979 bits per heavy atom. The van der Waals surface area contributed by atoms with Crippen LogP contribution in [-0.4, -0.2) is 72.7 Å². The molecule has 48 heavy (non-hydrogen) atoms. The maximum atomic E-state index is 13.0. The van der Waals surface area contributed by atoms with Crippen LogP contribution in [0.2, 0.25) is 0 Å². The van der Waals surface area contributed by atoms with Gasteiger partial charge in [0, 0.05) is 43.5 Å². The van der Waals surface area contributed by atoms with Crippen LogP contribution < -0.4 is 26.0 Å². The van der Waals surface area contributed by atoms with E-state index in [-0.39, 0.29) is 18.0 Å². The van der Waals surface area contributed by atoms with Crippen molar-refractivity contribution in [2.24, 2.45) is 5.73 Å². The SMILES string of the molecule is CCc1cc(N2CCCC(NC(=O)c3ccc(OC)cc3)C2)nc(Nc2ccc(C3CCN(C(=O)OC(C)(C)C)CC3)cc2)c1C(N)=O. The van der Waals surface area contributed by atoms with Gasteiger partial charge < -0.3 is 35.6 Å². The van der Waals surface area contributed by atoms with Crippen LogP contribution in [0, 0.1) is 0 Å². The van der Waals surface area contributed by atoms with Gasteiger partial charge in [-0.15, -0.1) is 0 Å². The van der Waals surface area contributed by atoms with Crippen LogP contribution in [0.1, 0.15) is 91.1 Å². The summed E-state index contributed by atoms with van der Waals surface area (Å²) in [5, 5.41) is 6.54. The fourth-order valence-electron chi connectivity index (χ4n) is 6.40. The summed E-state index contributed by atoms with van der Waals surface area (Å²) in [5.74, 6) is 1.52. The molecule has 4 N–H and O–H groups in total. The Balaban J connectivity index is 1.27. The molecule has 2 saturated heterocycles. The van der Waals surface area contributed by atoms with Gasteiger partial charge in [0.25, 0.3) is 11.8 Å². The molecule has 11 nitrogen and oxygen atoms in total. The number of methoxy groups -OCH3 is 1. The number of benzene rings is 2. The fraction of sp³-hybridized carbons (Fsp3) is 0.459. The standard InChI is InChI=1S/C37H48N6O5/c1-6-24-22-31(43-19-7-8-29(23-43)40-35(45)27-11-15-30(47-5)16-12-27)41-34(32(24)33(38)44)39-28-13-9-25(10-14-28)26-17-20-42(21-18-26)36(46)48-37(2,3)4/h9-16,22,26,29H,6-8,17-21,23H2,1-5H3,(H2,38,44)(H,39,41)(H,40,45). The second-order valence-electron chi connectivity index (χ2n) is 13.6. The molecule has 1 aromatic heterocycles. The number of likely N-dealkylation sites (tertiary alicyclic amines) is 1. The lowest BCUT2D eigenvalue weighted by Gasteiger charge is -2.34. The molecule has 0 aliphatic carbocycles. The molecular formula is C37H48N6O5. The smallest absolute Gasteiger partial charge is 0.410 e. The van der Waals surface area contributed by atoms with Gasteiger partial charge in [0.2, 0.25) is 0 Å². The molecule has 2 aliphatic heterocycles. The number of ether oxygens (including phenoxy) is 2. The molecule has 1 unspecified atom stereocenters. The first-order valence-corrected chi connectivity index (χ1v) is 16.8. The van der Waals surface area contributed by atoms with E-state index in [1.54, 1.807) is 36.3 Å². The lowest BCUT2D eigenvalue weighted by Crippen LogP contribution is -2.48. The summed E-state index contributed by atoms with van der Waals surface area (Å²) in [4.78, 5) is 47.0. The van der Waals surface area contributed by atoms with Crippen LogP contribution in [0.5, 0.6) is 5.75 Å². The number of nitrogens with zero attached hydrogens (tertiary/aromatic N) is 3. The molecule has 256 valence electrons. The average Bonchev–Trinajstić information content (AvgIpc) is 3.07. The zero-order chi connectivity index (χ0) is 34.4. The molecular weight excluding hydrogens is 608 g/mol. The molecule has 3 aromatic rings. The van der Waals surface area contributed by atoms with Crippen LogP contribution in [0.4, 0.5) is 22.1 Å². The minimum atomic E-state index is -0.537. The number of pyridine rings is 1. The van der Waals surface area contributed by atoms with E-state index in [9.17, 15) is 14.4 Å². The van der Waals surface area contributed by atoms with Crippen molar-refractivity contribution in [3.63, 3.8) is 0 Å². The number of nitrogens with two attached hydrogens (primary N) is 1. The predicted octanol–water partition coefficient (Wildman–Crippen LogP) is 6.01. The van der Waals surface area contributed by atoms with Crippen molar-refractivity contribution in [1.82, 2.24) is 15.2 Å². The fourth-order valence-corrected chi connectivity index (χ4v) is 6.40. The Labute approximate surface area is 283 Å². The highest BCUT2D eigenvalue weighted by Crippen LogP contribution is 2.32. The number of aryl methyl sites for hydroxylation is 1. The number of piperidine rings is 2. The Hall–Kier alpha value is -4.80. The Bertz CT molecular complexity index is 1590. The maximum Gasteiger partial charge on any atom is 0.410 e. The van der Waals surface area contributed by atoms with Gasteiger partial charge in [-0.05, 0) is 112 Å². The quantitative estimate of drug-likeness (QED) is 0.255. The number of primary amides is 1. The molecule has 1 atom stereocenters. The summed E-state index contributed by atoms with van der Waals surface area (Å²) in [5.41, 5.74) is 9.14. The van der Waals surface area contributed by atoms with E-state index in [1.807, 2.05) is 45.9 Å². The molecule has 11 heteroatoms. The van der Waals surface area contributed by atoms with Gasteiger partial charge in [-0.2, -0.15) is 0 Å². The Kier molecular flexibility index (Phi) is 10.8. The van der Waals surface area contributed by atoms with Crippen LogP contribution in [0.3, 0.4) is 0 Å². The Morgan fingerprint density at radius 2 is 1.67 bits per heavy atom. The van der Waals surface area contributed by atoms with Gasteiger partial charge in [0.15, 0.2) is 0 Å². The highest BCUT2D eigenvalue weighted by Gasteiger charge is 2.28. The summed E-state index contributed by atoms with van der Waals surface area (Å²) in [7, 11) is 1.60. The van der Waals surface area contributed by atoms with Crippen molar-refractivity contribution in [3.8, 4) is 5.75 Å². The third-order valence-electron chi connectivity index (χ3n) is 8.94. The number of amides is 3. The predicted molar refractivity (Wildman–Crippen MR) is 187 cm³/mol. The summed E-state index contributed by atoms with van der Waals surface area (Å²) >= 11 is 0. The van der Waals surface area contributed by atoms with Crippen molar-refractivity contribution >= 4 is 35.2 Å². The first-order chi connectivity index (χ1) is 22.9. The third-order valence-corrected chi connectivity index (χ3v) is 8.94. The minimum absolute atomic E-state index is 0.0593. The van der Waals surface area contributed by atoms with Crippen LogP contribution in [0.25, 0.3) is 0 Å². The molecule has 3 amide bonds. The number of aromatic nitrogens is 1. The van der Waals surface area contributed by atoms with Crippen LogP contribution in [-0.2, 0) is 11.2 Å². The molecule has 0 saturated carbocycles. The highest BCUT2D eigenvalue weighted by atomic mass is 16.6. The lowest BCUT2D eigenvalue weighted by atomic mass is 9.89. The molecule has 2 aromatic carbocycles. The lowest BCUT2D eigenvalue weighted by molar-refractivity contribution is 0.0204. The molecule has 3 heterocycles. The average molecular weight is 657 g/mol. The van der Waals surface area contributed by atoms with E-state index in [0.29, 0.717) is 54.7 Å². The summed E-state index contributed by atoms with van der Waals surface area (Å²) in [6, 6.07) is 17.1. The van der Waals surface area contributed by atoms with E-state index in [1.165, 1.54) is 5.56 Å². The largest absolute Gasteiger partial charge is 0.497 e. The van der Waals surface area contributed by atoms with Gasteiger partial charge in [0.1, 0.15) is 23.0 Å². The van der Waals surface area contributed by atoms with Gasteiger partial charge >= 0.3 is 6.09 Å². The van der Waals surface area contributed by atoms with Crippen molar-refractivity contribution < 1.29 is 23.9 Å². The van der Waals surface area contributed by atoms with E-state index >= 15 is 0 Å². The first-order valence-electron chi connectivity index (χ1n) is 16.8. The van der Waals surface area contributed by atoms with Crippen molar-refractivity contribution in [1.29, 1.82) is 0 Å². The number of anilines is 3. The molecule has 5 rings (SSSR count). The van der Waals surface area contributed by atoms with Gasteiger partial charge in [-0.1, -0.05) is 19.1 Å². The summed E-state index contributed by atoms with van der Waals surface area (Å²) in [6.45, 7) is 10.3. The second-order valence-corrected chi connectivity index (χ2v) is 13.6. The molecule has 2 aliphatic rings. The highest BCUT2D eigenvalue weighted by molar-refractivity contribution is 6.00. The summed E-state index contributed by atoms with van der Waals surface area (Å²) < 4.78 is 10.7. The molecule has 0 spiro atoms. The third kappa shape index (κ3) is 8.56. The normalized spacial score (nSPS) is 17.1. The minimum Gasteiger partial charge on any atom is -0.497 e. The molecule has 2 fully saturated rings. The van der Waals surface area contributed by atoms with Gasteiger partial charge in [0.05, 0.1) is 12.7 Å². The number of hydrogen-bond acceptors (Lipinski definition) is 8. The number of nitrogens with one attached hydrogen (secondary N) is 2. The zero-order valence-corrected chi connectivity index (χ0v) is 28.7. The summed E-state index contributed by atoms with van der Waals surface area (Å²) in [6.07, 6.45) is 3.81. The van der Waals surface area contributed by atoms with Gasteiger partial charge in [-0.25, -0.2) is 9.78 Å². The molecule has 0 radical (unpaired) electrons. The monoisotopic (exact) mass is 656 g/mol. The van der Waals surface area contributed by atoms with Crippen LogP contribution in [0.15, 0.2) is 54.6 Å². The maximum absolute atomic E-state index is 13.0. The molecule has 0 bridgehead atoms. The number of carbonyl (C=O) groups excluding carboxylic acids is 3. The van der Waals surface area contributed by atoms with Crippen molar-refractivity contribution in [2.45, 2.75) is 77.4 Å². The topological polar surface area (TPSA) is 139 Å². The number of hydrogen-bond donors (Lipinski definition) is 3. The second kappa shape index (κ2) is 15.0. The van der Waals surface area contributed by atoms with E-state index in [0.717, 1.165) is 49.3 Å². The van der Waals surface area contributed by atoms with Crippen molar-refractivity contribution in [2.75, 3.05) is 43.5 Å². The number of rotatable bonds is 9. The van der Waals surface area contributed by atoms with Gasteiger partial charge in [-0.3, -0.25) is 9.59 Å². The van der Waals surface area contributed by atoms with E-state index in [2.05, 4.69) is 27.7 Å². The van der Waals surface area contributed by atoms with E-state index in [4.69, 9.17) is 20.2 Å². The zero-order valence-electron chi connectivity index (χ0n) is 28.7. The first kappa shape index (κ1) is 34.5. The Morgan fingerprint density at radius 3 is 2.27 bits per heavy atom. The van der Waals surface area contributed by atoms with Crippen LogP contribution >= 0.6 is 0 Å². The number of carbonyl (C=O) groups is 3. The van der Waals surface area contributed by atoms with E-state index < -0.39 is 11.5 Å².